The van der Waals surface area contributed by atoms with Gasteiger partial charge in [-0.05, 0) is 65.1 Å². The van der Waals surface area contributed by atoms with Crippen molar-refractivity contribution in [1.82, 2.24) is 9.88 Å². The summed E-state index contributed by atoms with van der Waals surface area (Å²) in [5.41, 5.74) is 5.41. The van der Waals surface area contributed by atoms with Crippen LogP contribution in [0, 0.1) is 5.82 Å². The molecule has 4 rings (SSSR count). The van der Waals surface area contributed by atoms with Crippen LogP contribution in [0.2, 0.25) is 0 Å². The molecule has 0 unspecified atom stereocenters. The van der Waals surface area contributed by atoms with E-state index in [0.29, 0.717) is 19.5 Å². The Balaban J connectivity index is 1.45. The van der Waals surface area contributed by atoms with Gasteiger partial charge in [-0.1, -0.05) is 54.6 Å². The number of alkyl carbamates (subject to hydrolysis) is 1. The molecular weight excluding hydrogens is 459 g/mol. The maximum Gasteiger partial charge on any atom is 0.407 e. The van der Waals surface area contributed by atoms with Crippen molar-refractivity contribution >= 4 is 12.1 Å². The first-order chi connectivity index (χ1) is 17.5. The largest absolute Gasteiger partial charge is 0.481 e. The maximum absolute atomic E-state index is 13.5. The van der Waals surface area contributed by atoms with Crippen LogP contribution in [0.5, 0.6) is 0 Å². The molecule has 2 N–H and O–H groups in total. The predicted octanol–water partition coefficient (Wildman–Crippen LogP) is 5.79. The summed E-state index contributed by atoms with van der Waals surface area (Å²) in [6.07, 6.45) is -0.100. The molecule has 1 aromatic heterocycles. The molecule has 0 atom stereocenters. The van der Waals surface area contributed by atoms with Gasteiger partial charge in [-0.2, -0.15) is 0 Å². The molecule has 1 amide bonds. The Kier molecular flexibility index (Phi) is 8.13. The summed E-state index contributed by atoms with van der Waals surface area (Å²) in [6, 6.07) is 27.4. The van der Waals surface area contributed by atoms with Crippen LogP contribution in [0.15, 0.2) is 91.0 Å². The second-order valence-corrected chi connectivity index (χ2v) is 8.43. The van der Waals surface area contributed by atoms with Gasteiger partial charge < -0.3 is 19.7 Å². The van der Waals surface area contributed by atoms with Gasteiger partial charge in [0, 0.05) is 24.5 Å². The Morgan fingerprint density at radius 3 is 2.33 bits per heavy atom. The van der Waals surface area contributed by atoms with E-state index in [2.05, 4.69) is 9.88 Å². The lowest BCUT2D eigenvalue weighted by molar-refractivity contribution is -0.137. The van der Waals surface area contributed by atoms with Crippen molar-refractivity contribution in [2.45, 2.75) is 32.5 Å². The van der Waals surface area contributed by atoms with Gasteiger partial charge in [0.25, 0.3) is 0 Å². The molecule has 4 aromatic rings. The minimum atomic E-state index is -0.863. The third-order valence-corrected chi connectivity index (χ3v) is 5.79. The molecule has 36 heavy (non-hydrogen) atoms. The van der Waals surface area contributed by atoms with Crippen LogP contribution in [0.4, 0.5) is 9.18 Å². The van der Waals surface area contributed by atoms with E-state index in [1.807, 2.05) is 66.7 Å². The Morgan fingerprint density at radius 1 is 0.861 bits per heavy atom. The number of aryl methyl sites for hydroxylation is 1. The number of halogens is 1. The van der Waals surface area contributed by atoms with Crippen molar-refractivity contribution in [2.75, 3.05) is 0 Å². The van der Waals surface area contributed by atoms with E-state index in [-0.39, 0.29) is 18.8 Å². The highest BCUT2D eigenvalue weighted by Gasteiger charge is 2.13. The standard InChI is InChI=1S/C29H27FN2O4/c30-25-11-9-24(10-12-25)27-15-13-26(14-16-28(33)34)32(27)19-23-8-4-7-22(17-23)18-31-29(35)36-20-21-5-2-1-3-6-21/h1-13,15,17H,14,16,18-20H2,(H,31,35)(H,33,34). The molecule has 184 valence electrons. The number of rotatable bonds is 10. The minimum Gasteiger partial charge on any atom is -0.481 e. The number of nitrogens with one attached hydrogen (secondary N) is 1. The number of hydrogen-bond acceptors (Lipinski definition) is 3. The van der Waals surface area contributed by atoms with Gasteiger partial charge in [0.1, 0.15) is 12.4 Å². The van der Waals surface area contributed by atoms with Gasteiger partial charge in [0.2, 0.25) is 0 Å². The topological polar surface area (TPSA) is 80.6 Å². The monoisotopic (exact) mass is 486 g/mol. The van der Waals surface area contributed by atoms with Crippen molar-refractivity contribution in [3.05, 3.63) is 119 Å². The zero-order valence-corrected chi connectivity index (χ0v) is 19.7. The summed E-state index contributed by atoms with van der Waals surface area (Å²) in [4.78, 5) is 23.3. The van der Waals surface area contributed by atoms with Crippen molar-refractivity contribution in [2.24, 2.45) is 0 Å². The summed E-state index contributed by atoms with van der Waals surface area (Å²) in [7, 11) is 0. The molecule has 3 aromatic carbocycles. The summed E-state index contributed by atoms with van der Waals surface area (Å²) >= 11 is 0. The van der Waals surface area contributed by atoms with Gasteiger partial charge in [-0.3, -0.25) is 4.79 Å². The van der Waals surface area contributed by atoms with Crippen LogP contribution in [0.25, 0.3) is 11.3 Å². The molecule has 7 heteroatoms. The van der Waals surface area contributed by atoms with Gasteiger partial charge in [-0.25, -0.2) is 9.18 Å². The number of benzene rings is 3. The highest BCUT2D eigenvalue weighted by molar-refractivity contribution is 5.68. The number of carbonyl (C=O) groups excluding carboxylic acids is 1. The molecular formula is C29H27FN2O4. The number of carboxylic acid groups (broad SMARTS) is 1. The van der Waals surface area contributed by atoms with E-state index < -0.39 is 12.1 Å². The molecule has 0 saturated carbocycles. The molecule has 0 spiro atoms. The molecule has 0 radical (unpaired) electrons. The average Bonchev–Trinajstić information content (AvgIpc) is 3.28. The zero-order valence-electron chi connectivity index (χ0n) is 19.7. The first-order valence-electron chi connectivity index (χ1n) is 11.7. The number of hydrogen-bond donors (Lipinski definition) is 2. The Bertz CT molecular complexity index is 1320. The maximum atomic E-state index is 13.5. The number of carboxylic acids is 1. The molecule has 0 saturated heterocycles. The van der Waals surface area contributed by atoms with Gasteiger partial charge >= 0.3 is 12.1 Å². The number of aliphatic carboxylic acids is 1. The average molecular weight is 487 g/mol. The molecule has 6 nitrogen and oxygen atoms in total. The van der Waals surface area contributed by atoms with Crippen molar-refractivity contribution < 1.29 is 23.8 Å². The van der Waals surface area contributed by atoms with E-state index in [9.17, 15) is 14.0 Å². The van der Waals surface area contributed by atoms with Crippen molar-refractivity contribution in [3.63, 3.8) is 0 Å². The van der Waals surface area contributed by atoms with Crippen molar-refractivity contribution in [3.8, 4) is 11.3 Å². The van der Waals surface area contributed by atoms with Gasteiger partial charge in [0.15, 0.2) is 0 Å². The highest BCUT2D eigenvalue weighted by Crippen LogP contribution is 2.25. The van der Waals surface area contributed by atoms with Gasteiger partial charge in [0.05, 0.1) is 6.42 Å². The minimum absolute atomic E-state index is 0.0158. The first kappa shape index (κ1) is 24.7. The molecule has 0 aliphatic heterocycles. The molecule has 0 aliphatic rings. The molecule has 0 fully saturated rings. The van der Waals surface area contributed by atoms with Crippen LogP contribution in [-0.4, -0.2) is 21.7 Å². The SMILES string of the molecule is O=C(O)CCc1ccc(-c2ccc(F)cc2)n1Cc1cccc(CNC(=O)OCc2ccccc2)c1. The normalized spacial score (nSPS) is 10.7. The predicted molar refractivity (Wildman–Crippen MR) is 135 cm³/mol. The zero-order chi connectivity index (χ0) is 25.3. The third kappa shape index (κ3) is 6.82. The number of ether oxygens (including phenoxy) is 1. The fraction of sp³-hybridized carbons (Fsp3) is 0.172. The van der Waals surface area contributed by atoms with Crippen LogP contribution in [0.3, 0.4) is 0 Å². The Morgan fingerprint density at radius 2 is 1.58 bits per heavy atom. The fourth-order valence-corrected chi connectivity index (χ4v) is 3.99. The second kappa shape index (κ2) is 11.8. The number of carbonyl (C=O) groups is 2. The smallest absolute Gasteiger partial charge is 0.407 e. The van der Waals surface area contributed by atoms with Crippen LogP contribution < -0.4 is 5.32 Å². The molecule has 0 bridgehead atoms. The fourth-order valence-electron chi connectivity index (χ4n) is 3.99. The lowest BCUT2D eigenvalue weighted by Gasteiger charge is -2.15. The highest BCUT2D eigenvalue weighted by atomic mass is 19.1. The molecule has 0 aliphatic carbocycles. The van der Waals surface area contributed by atoms with E-state index in [1.54, 1.807) is 12.1 Å². The van der Waals surface area contributed by atoms with E-state index in [4.69, 9.17) is 9.84 Å². The number of aromatic nitrogens is 1. The third-order valence-electron chi connectivity index (χ3n) is 5.79. The summed E-state index contributed by atoms with van der Waals surface area (Å²) in [5, 5.41) is 11.9. The Labute approximate surface area is 209 Å². The lowest BCUT2D eigenvalue weighted by Crippen LogP contribution is -2.23. The number of amides is 1. The van der Waals surface area contributed by atoms with E-state index >= 15 is 0 Å². The summed E-state index contributed by atoms with van der Waals surface area (Å²) in [6.45, 7) is 1.01. The van der Waals surface area contributed by atoms with Crippen molar-refractivity contribution in [1.29, 1.82) is 0 Å². The van der Waals surface area contributed by atoms with E-state index in [1.165, 1.54) is 12.1 Å². The van der Waals surface area contributed by atoms with E-state index in [0.717, 1.165) is 33.6 Å². The number of nitrogens with zero attached hydrogens (tertiary/aromatic N) is 1. The quantitative estimate of drug-likeness (QED) is 0.298. The van der Waals surface area contributed by atoms with Crippen LogP contribution in [0.1, 0.15) is 28.8 Å². The summed E-state index contributed by atoms with van der Waals surface area (Å²) < 4.78 is 20.8. The van der Waals surface area contributed by atoms with Gasteiger partial charge in [-0.15, -0.1) is 0 Å². The second-order valence-electron chi connectivity index (χ2n) is 8.43. The van der Waals surface area contributed by atoms with Crippen LogP contribution in [-0.2, 0) is 35.6 Å². The summed E-state index contributed by atoms with van der Waals surface area (Å²) in [5.74, 6) is -1.18. The van der Waals surface area contributed by atoms with Crippen LogP contribution >= 0.6 is 0 Å². The lowest BCUT2D eigenvalue weighted by atomic mass is 10.1. The first-order valence-corrected chi connectivity index (χ1v) is 11.7. The molecule has 1 heterocycles. The Hall–Kier alpha value is -4.39.